The van der Waals surface area contributed by atoms with Crippen LogP contribution in [0.25, 0.3) is 0 Å². The molecule has 0 aromatic carbocycles. The summed E-state index contributed by atoms with van der Waals surface area (Å²) < 4.78 is 0. The van der Waals surface area contributed by atoms with Crippen molar-refractivity contribution < 1.29 is 0 Å². The van der Waals surface area contributed by atoms with Crippen molar-refractivity contribution in [2.75, 3.05) is 13.1 Å². The quantitative estimate of drug-likeness (QED) is 0.616. The van der Waals surface area contributed by atoms with Gasteiger partial charge in [0.05, 0.1) is 6.17 Å². The van der Waals surface area contributed by atoms with E-state index in [9.17, 15) is 0 Å². The minimum Gasteiger partial charge on any atom is -0.316 e. The van der Waals surface area contributed by atoms with Gasteiger partial charge in [-0.25, -0.2) is 0 Å². The van der Waals surface area contributed by atoms with Gasteiger partial charge in [-0.2, -0.15) is 0 Å². The third-order valence-corrected chi connectivity index (χ3v) is 3.11. The second kappa shape index (κ2) is 3.32. The predicted octanol–water partition coefficient (Wildman–Crippen LogP) is 0.137. The van der Waals surface area contributed by atoms with Crippen LogP contribution in [0, 0.1) is 12.5 Å². The van der Waals surface area contributed by atoms with Crippen molar-refractivity contribution >= 4 is 0 Å². The molecule has 2 rings (SSSR count). The maximum absolute atomic E-state index is 6.00. The minimum atomic E-state index is 0.236. The van der Waals surface area contributed by atoms with Gasteiger partial charge in [0.25, 0.3) is 0 Å². The van der Waals surface area contributed by atoms with Crippen LogP contribution >= 0.6 is 0 Å². The fraction of sp³-hybridized carbons (Fsp3) is 0.889. The number of nitrogens with one attached hydrogen (secondary N) is 1. The van der Waals surface area contributed by atoms with Crippen LogP contribution in [-0.4, -0.2) is 30.2 Å². The van der Waals surface area contributed by atoms with Gasteiger partial charge in [0.15, 0.2) is 0 Å². The van der Waals surface area contributed by atoms with Gasteiger partial charge < -0.3 is 11.1 Å². The van der Waals surface area contributed by atoms with Crippen LogP contribution in [0.4, 0.5) is 0 Å². The lowest BCUT2D eigenvalue weighted by Gasteiger charge is -2.28. The van der Waals surface area contributed by atoms with Crippen LogP contribution in [0.3, 0.4) is 0 Å². The Labute approximate surface area is 74.3 Å². The number of hydrogen-bond acceptors (Lipinski definition) is 3. The zero-order valence-corrected chi connectivity index (χ0v) is 7.66. The molecule has 2 fully saturated rings. The highest BCUT2D eigenvalue weighted by Crippen LogP contribution is 2.30. The Morgan fingerprint density at radius 1 is 1.67 bits per heavy atom. The van der Waals surface area contributed by atoms with E-state index in [-0.39, 0.29) is 6.17 Å². The normalized spacial score (nSPS) is 38.5. The number of hydrogen-bond donors (Lipinski definition) is 2. The summed E-state index contributed by atoms with van der Waals surface area (Å²) in [6, 6.07) is 0.681. The standard InChI is InChI=1S/C9H18N3/c1-2-9(10)12-4-3-7-5-11-6-8(7)12/h4,7-9,11H,2-3,5-6,10H2,1H3. The molecular formula is C9H18N3. The Hall–Kier alpha value is -0.120. The number of likely N-dealkylation sites (tertiary alicyclic amines) is 1. The highest BCUT2D eigenvalue weighted by molar-refractivity contribution is 5.00. The fourth-order valence-corrected chi connectivity index (χ4v) is 2.29. The summed E-state index contributed by atoms with van der Waals surface area (Å²) in [5.74, 6) is 0.822. The first-order chi connectivity index (χ1) is 5.83. The summed E-state index contributed by atoms with van der Waals surface area (Å²) in [6.07, 6.45) is 2.49. The molecule has 69 valence electrons. The minimum absolute atomic E-state index is 0.236. The lowest BCUT2D eigenvalue weighted by molar-refractivity contribution is 0.206. The number of rotatable bonds is 2. The van der Waals surface area contributed by atoms with Crippen molar-refractivity contribution in [3.05, 3.63) is 6.54 Å². The van der Waals surface area contributed by atoms with Gasteiger partial charge in [0, 0.05) is 19.1 Å². The van der Waals surface area contributed by atoms with E-state index in [2.05, 4.69) is 23.7 Å². The van der Waals surface area contributed by atoms with Crippen LogP contribution in [-0.2, 0) is 0 Å². The molecule has 2 aliphatic heterocycles. The van der Waals surface area contributed by atoms with E-state index in [0.29, 0.717) is 6.04 Å². The molecule has 1 radical (unpaired) electrons. The smallest absolute Gasteiger partial charge is 0.0575 e. The first-order valence-electron chi connectivity index (χ1n) is 4.90. The SMILES string of the molecule is CCC(N)N1[CH]CC2CNCC21. The van der Waals surface area contributed by atoms with Crippen molar-refractivity contribution in [2.45, 2.75) is 32.0 Å². The predicted molar refractivity (Wildman–Crippen MR) is 49.2 cm³/mol. The van der Waals surface area contributed by atoms with Gasteiger partial charge in [-0.05, 0) is 25.3 Å². The van der Waals surface area contributed by atoms with Crippen LogP contribution in [0.1, 0.15) is 19.8 Å². The molecule has 3 N–H and O–H groups in total. The number of nitrogens with two attached hydrogens (primary N) is 1. The molecule has 2 heterocycles. The van der Waals surface area contributed by atoms with Gasteiger partial charge in [0.1, 0.15) is 0 Å². The maximum Gasteiger partial charge on any atom is 0.0575 e. The van der Waals surface area contributed by atoms with Gasteiger partial charge in [-0.15, -0.1) is 0 Å². The largest absolute Gasteiger partial charge is 0.316 e. The van der Waals surface area contributed by atoms with E-state index < -0.39 is 0 Å². The molecule has 2 aliphatic rings. The summed E-state index contributed by atoms with van der Waals surface area (Å²) in [4.78, 5) is 2.35. The second-order valence-electron chi connectivity index (χ2n) is 3.83. The summed E-state index contributed by atoms with van der Waals surface area (Å²) in [7, 11) is 0. The first kappa shape index (κ1) is 8.48. The van der Waals surface area contributed by atoms with E-state index in [1.807, 2.05) is 0 Å². The molecule has 0 amide bonds. The van der Waals surface area contributed by atoms with E-state index in [1.165, 1.54) is 13.0 Å². The molecule has 0 saturated carbocycles. The molecule has 3 unspecified atom stereocenters. The average molecular weight is 168 g/mol. The second-order valence-corrected chi connectivity index (χ2v) is 3.83. The van der Waals surface area contributed by atoms with Gasteiger partial charge in [0.2, 0.25) is 0 Å². The van der Waals surface area contributed by atoms with Crippen molar-refractivity contribution in [3.63, 3.8) is 0 Å². The van der Waals surface area contributed by atoms with Crippen molar-refractivity contribution in [2.24, 2.45) is 11.7 Å². The van der Waals surface area contributed by atoms with Gasteiger partial charge in [-0.3, -0.25) is 4.90 Å². The summed E-state index contributed by atoms with van der Waals surface area (Å²) in [5.41, 5.74) is 6.00. The zero-order valence-electron chi connectivity index (χ0n) is 7.66. The van der Waals surface area contributed by atoms with Crippen LogP contribution in [0.2, 0.25) is 0 Å². The topological polar surface area (TPSA) is 41.3 Å². The lowest BCUT2D eigenvalue weighted by Crippen LogP contribution is -2.45. The van der Waals surface area contributed by atoms with E-state index in [0.717, 1.165) is 18.9 Å². The molecule has 3 heteroatoms. The van der Waals surface area contributed by atoms with Crippen LogP contribution < -0.4 is 11.1 Å². The zero-order chi connectivity index (χ0) is 8.55. The molecule has 0 bridgehead atoms. The number of nitrogens with zero attached hydrogens (tertiary/aromatic N) is 1. The van der Waals surface area contributed by atoms with Crippen LogP contribution in [0.5, 0.6) is 0 Å². The van der Waals surface area contributed by atoms with E-state index in [4.69, 9.17) is 5.73 Å². The molecule has 0 spiro atoms. The molecule has 12 heavy (non-hydrogen) atoms. The molecule has 3 atom stereocenters. The third kappa shape index (κ3) is 1.26. The van der Waals surface area contributed by atoms with Crippen molar-refractivity contribution in [3.8, 4) is 0 Å². The Morgan fingerprint density at radius 2 is 2.50 bits per heavy atom. The van der Waals surface area contributed by atoms with Crippen LogP contribution in [0.15, 0.2) is 0 Å². The summed E-state index contributed by atoms with van der Waals surface area (Å²) in [6.45, 7) is 6.74. The third-order valence-electron chi connectivity index (χ3n) is 3.11. The fourth-order valence-electron chi connectivity index (χ4n) is 2.29. The molecule has 0 aliphatic carbocycles. The van der Waals surface area contributed by atoms with E-state index >= 15 is 0 Å². The summed E-state index contributed by atoms with van der Waals surface area (Å²) >= 11 is 0. The van der Waals surface area contributed by atoms with Crippen molar-refractivity contribution in [1.82, 2.24) is 10.2 Å². The molecule has 0 aromatic rings. The Bertz CT molecular complexity index is 160. The first-order valence-corrected chi connectivity index (χ1v) is 4.90. The average Bonchev–Trinajstić information content (AvgIpc) is 2.62. The molecular weight excluding hydrogens is 150 g/mol. The van der Waals surface area contributed by atoms with E-state index in [1.54, 1.807) is 0 Å². The molecule has 2 saturated heterocycles. The Kier molecular flexibility index (Phi) is 2.35. The summed E-state index contributed by atoms with van der Waals surface area (Å²) in [5, 5.41) is 3.42. The van der Waals surface area contributed by atoms with Crippen molar-refractivity contribution in [1.29, 1.82) is 0 Å². The highest BCUT2D eigenvalue weighted by Gasteiger charge is 2.39. The highest BCUT2D eigenvalue weighted by atomic mass is 15.3. The Balaban J connectivity index is 1.99. The molecule has 0 aromatic heterocycles. The lowest BCUT2D eigenvalue weighted by atomic mass is 10.1. The van der Waals surface area contributed by atoms with Gasteiger partial charge in [-0.1, -0.05) is 6.92 Å². The molecule has 3 nitrogen and oxygen atoms in total. The number of fused-ring (bicyclic) bond motifs is 1. The monoisotopic (exact) mass is 168 g/mol. The Morgan fingerprint density at radius 3 is 3.25 bits per heavy atom. The van der Waals surface area contributed by atoms with Gasteiger partial charge >= 0.3 is 0 Å². The maximum atomic E-state index is 6.00.